The monoisotopic (exact) mass is 312 g/mol. The number of nitrogens with zero attached hydrogens (tertiary/aromatic N) is 2. The molecule has 0 fully saturated rings. The first-order valence-electron chi connectivity index (χ1n) is 6.91. The van der Waals surface area contributed by atoms with Crippen LogP contribution in [-0.4, -0.2) is 39.2 Å². The fourth-order valence-corrected chi connectivity index (χ4v) is 2.50. The predicted octanol–water partition coefficient (Wildman–Crippen LogP) is 2.25. The molecule has 0 unspecified atom stereocenters. The van der Waals surface area contributed by atoms with Crippen molar-refractivity contribution in [3.63, 3.8) is 0 Å². The van der Waals surface area contributed by atoms with E-state index in [0.717, 1.165) is 23.6 Å². The highest BCUT2D eigenvalue weighted by molar-refractivity contribution is 7.99. The molecular formula is C14H24N4O2S. The van der Waals surface area contributed by atoms with Gasteiger partial charge in [-0.3, -0.25) is 0 Å². The number of hydrogen-bond acceptors (Lipinski definition) is 6. The first kappa shape index (κ1) is 17.6. The van der Waals surface area contributed by atoms with Crippen LogP contribution in [-0.2, 0) is 11.2 Å². The average Bonchev–Trinajstić information content (AvgIpc) is 2.32. The maximum Gasteiger partial charge on any atom is 0.407 e. The number of carbonyl (C=O) groups is 1. The second-order valence-electron chi connectivity index (χ2n) is 5.78. The van der Waals surface area contributed by atoms with Crippen molar-refractivity contribution in [2.24, 2.45) is 0 Å². The highest BCUT2D eigenvalue weighted by atomic mass is 32.2. The molecule has 6 nitrogen and oxygen atoms in total. The fourth-order valence-electron chi connectivity index (χ4n) is 1.54. The van der Waals surface area contributed by atoms with E-state index >= 15 is 0 Å². The molecule has 1 amide bonds. The van der Waals surface area contributed by atoms with E-state index in [4.69, 9.17) is 10.5 Å². The summed E-state index contributed by atoms with van der Waals surface area (Å²) in [6, 6.07) is 1.92. The van der Waals surface area contributed by atoms with Crippen molar-refractivity contribution >= 4 is 23.8 Å². The van der Waals surface area contributed by atoms with E-state index in [2.05, 4.69) is 15.3 Å². The average molecular weight is 312 g/mol. The number of anilines is 1. The summed E-state index contributed by atoms with van der Waals surface area (Å²) in [7, 11) is 0. The lowest BCUT2D eigenvalue weighted by molar-refractivity contribution is 0.0513. The molecule has 0 bridgehead atoms. The van der Waals surface area contributed by atoms with Gasteiger partial charge >= 0.3 is 6.09 Å². The Bertz CT molecular complexity index is 463. The van der Waals surface area contributed by atoms with Crippen molar-refractivity contribution in [2.45, 2.75) is 45.8 Å². The standard InChI is InChI=1S/C14H24N4O2S/c1-10(17-13(19)20-14(2,3)4)9-21-8-6-11-5-7-16-12(15)18-11/h5,7,10H,6,8-9H2,1-4H3,(H,17,19)(H2,15,16,18)/t10-/m1/s1. The number of rotatable bonds is 6. The van der Waals surface area contributed by atoms with E-state index in [1.165, 1.54) is 0 Å². The van der Waals surface area contributed by atoms with Gasteiger partial charge in [0, 0.05) is 23.7 Å². The zero-order chi connectivity index (χ0) is 15.9. The number of aromatic nitrogens is 2. The van der Waals surface area contributed by atoms with Crippen LogP contribution in [0.25, 0.3) is 0 Å². The molecule has 0 aromatic carbocycles. The number of nitrogen functional groups attached to an aromatic ring is 1. The number of amides is 1. The smallest absolute Gasteiger partial charge is 0.407 e. The van der Waals surface area contributed by atoms with Gasteiger partial charge in [0.25, 0.3) is 0 Å². The zero-order valence-corrected chi connectivity index (χ0v) is 13.9. The Morgan fingerprint density at radius 2 is 2.24 bits per heavy atom. The largest absolute Gasteiger partial charge is 0.444 e. The lowest BCUT2D eigenvalue weighted by Gasteiger charge is -2.21. The topological polar surface area (TPSA) is 90.1 Å². The van der Waals surface area contributed by atoms with E-state index < -0.39 is 5.60 Å². The Kier molecular flexibility index (Phi) is 6.74. The van der Waals surface area contributed by atoms with Gasteiger partial charge in [-0.2, -0.15) is 11.8 Å². The number of alkyl carbamates (subject to hydrolysis) is 1. The van der Waals surface area contributed by atoms with Crippen LogP contribution in [0.15, 0.2) is 12.3 Å². The number of ether oxygens (including phenoxy) is 1. The Morgan fingerprint density at radius 1 is 1.52 bits per heavy atom. The lowest BCUT2D eigenvalue weighted by Crippen LogP contribution is -2.38. The molecule has 0 saturated heterocycles. The molecule has 1 aromatic heterocycles. The van der Waals surface area contributed by atoms with Crippen LogP contribution >= 0.6 is 11.8 Å². The van der Waals surface area contributed by atoms with Crippen LogP contribution < -0.4 is 11.1 Å². The van der Waals surface area contributed by atoms with Gasteiger partial charge in [0.2, 0.25) is 5.95 Å². The Labute approximate surface area is 130 Å². The summed E-state index contributed by atoms with van der Waals surface area (Å²) < 4.78 is 5.21. The molecule has 1 rings (SSSR count). The van der Waals surface area contributed by atoms with Gasteiger partial charge < -0.3 is 15.8 Å². The first-order chi connectivity index (χ1) is 9.76. The minimum Gasteiger partial charge on any atom is -0.444 e. The first-order valence-corrected chi connectivity index (χ1v) is 8.06. The number of carbonyl (C=O) groups excluding carboxylic acids is 1. The minimum absolute atomic E-state index is 0.0559. The van der Waals surface area contributed by atoms with Crippen molar-refractivity contribution in [1.82, 2.24) is 15.3 Å². The van der Waals surface area contributed by atoms with E-state index in [9.17, 15) is 4.79 Å². The fraction of sp³-hybridized carbons (Fsp3) is 0.643. The Hall–Kier alpha value is -1.50. The van der Waals surface area contributed by atoms with Gasteiger partial charge in [0.1, 0.15) is 5.60 Å². The third kappa shape index (κ3) is 8.39. The van der Waals surface area contributed by atoms with Crippen molar-refractivity contribution in [1.29, 1.82) is 0 Å². The molecule has 21 heavy (non-hydrogen) atoms. The second-order valence-corrected chi connectivity index (χ2v) is 6.93. The summed E-state index contributed by atoms with van der Waals surface area (Å²) in [5.74, 6) is 2.04. The van der Waals surface area contributed by atoms with Crippen LogP contribution in [0.5, 0.6) is 0 Å². The molecule has 3 N–H and O–H groups in total. The molecule has 0 radical (unpaired) electrons. The zero-order valence-electron chi connectivity index (χ0n) is 13.0. The summed E-state index contributed by atoms with van der Waals surface area (Å²) in [5.41, 5.74) is 5.99. The molecule has 118 valence electrons. The number of aryl methyl sites for hydroxylation is 1. The SMILES string of the molecule is C[C@H](CSCCc1ccnc(N)n1)NC(=O)OC(C)(C)C. The van der Waals surface area contributed by atoms with Crippen molar-refractivity contribution in [3.8, 4) is 0 Å². The lowest BCUT2D eigenvalue weighted by atomic mass is 10.2. The molecule has 0 aliphatic rings. The Morgan fingerprint density at radius 3 is 2.86 bits per heavy atom. The van der Waals surface area contributed by atoms with E-state index in [0.29, 0.717) is 5.95 Å². The van der Waals surface area contributed by atoms with Gasteiger partial charge in [-0.25, -0.2) is 14.8 Å². The normalized spacial score (nSPS) is 12.8. The minimum atomic E-state index is -0.468. The van der Waals surface area contributed by atoms with Crippen LogP contribution in [0.1, 0.15) is 33.4 Å². The Balaban J connectivity index is 2.19. The maximum absolute atomic E-state index is 11.6. The predicted molar refractivity (Wildman–Crippen MR) is 86.3 cm³/mol. The van der Waals surface area contributed by atoms with Gasteiger partial charge in [-0.1, -0.05) is 0 Å². The van der Waals surface area contributed by atoms with Gasteiger partial charge in [0.05, 0.1) is 0 Å². The summed E-state index contributed by atoms with van der Waals surface area (Å²) in [5, 5.41) is 2.82. The summed E-state index contributed by atoms with van der Waals surface area (Å²) in [6.45, 7) is 7.50. The maximum atomic E-state index is 11.6. The molecule has 0 aliphatic carbocycles. The van der Waals surface area contributed by atoms with Crippen molar-refractivity contribution in [2.75, 3.05) is 17.2 Å². The van der Waals surface area contributed by atoms with E-state index in [1.54, 1.807) is 18.0 Å². The highest BCUT2D eigenvalue weighted by Crippen LogP contribution is 2.09. The molecular weight excluding hydrogens is 288 g/mol. The number of hydrogen-bond donors (Lipinski definition) is 2. The molecule has 0 saturated carbocycles. The van der Waals surface area contributed by atoms with Gasteiger partial charge in [-0.05, 0) is 45.9 Å². The summed E-state index contributed by atoms with van der Waals surface area (Å²) in [4.78, 5) is 19.6. The van der Waals surface area contributed by atoms with Crippen LogP contribution in [0, 0.1) is 0 Å². The van der Waals surface area contributed by atoms with Crippen LogP contribution in [0.3, 0.4) is 0 Å². The van der Waals surface area contributed by atoms with Gasteiger partial charge in [0.15, 0.2) is 0 Å². The third-order valence-corrected chi connectivity index (χ3v) is 3.59. The molecule has 1 atom stereocenters. The van der Waals surface area contributed by atoms with Crippen molar-refractivity contribution < 1.29 is 9.53 Å². The molecule has 7 heteroatoms. The number of thioether (sulfide) groups is 1. The summed E-state index contributed by atoms with van der Waals surface area (Å²) in [6.07, 6.45) is 2.12. The number of nitrogens with one attached hydrogen (secondary N) is 1. The van der Waals surface area contributed by atoms with Gasteiger partial charge in [-0.15, -0.1) is 0 Å². The number of nitrogens with two attached hydrogens (primary N) is 1. The molecule has 0 spiro atoms. The van der Waals surface area contributed by atoms with E-state index in [1.807, 2.05) is 33.8 Å². The molecule has 0 aliphatic heterocycles. The van der Waals surface area contributed by atoms with Crippen molar-refractivity contribution in [3.05, 3.63) is 18.0 Å². The van der Waals surface area contributed by atoms with Crippen LogP contribution in [0.4, 0.5) is 10.7 Å². The third-order valence-electron chi connectivity index (χ3n) is 2.37. The highest BCUT2D eigenvalue weighted by Gasteiger charge is 2.17. The van der Waals surface area contributed by atoms with E-state index in [-0.39, 0.29) is 12.1 Å². The molecule has 1 aromatic rings. The summed E-state index contributed by atoms with van der Waals surface area (Å²) >= 11 is 1.75. The quantitative estimate of drug-likeness (QED) is 0.783. The van der Waals surface area contributed by atoms with Crippen LogP contribution in [0.2, 0.25) is 0 Å². The molecule has 1 heterocycles. The second kappa shape index (κ2) is 8.07.